The number of hydrogen-bond donors (Lipinski definition) is 3. The van der Waals surface area contributed by atoms with Crippen molar-refractivity contribution in [2.24, 2.45) is 5.10 Å². The Hall–Kier alpha value is -5.02. The van der Waals surface area contributed by atoms with Crippen molar-refractivity contribution in [2.75, 3.05) is 20.3 Å². The molecule has 4 rings (SSSR count). The summed E-state index contributed by atoms with van der Waals surface area (Å²) in [4.78, 5) is 35.8. The zero-order valence-electron chi connectivity index (χ0n) is 25.0. The van der Waals surface area contributed by atoms with E-state index in [1.165, 1.54) is 25.5 Å². The van der Waals surface area contributed by atoms with Gasteiger partial charge in [0.05, 0.1) is 40.9 Å². The lowest BCUT2D eigenvalue weighted by atomic mass is 9.95. The largest absolute Gasteiger partial charge is 0.493 e. The predicted octanol–water partition coefficient (Wildman–Crippen LogP) is 4.83. The minimum atomic E-state index is -0.653. The van der Waals surface area contributed by atoms with Crippen molar-refractivity contribution in [3.63, 3.8) is 0 Å². The van der Waals surface area contributed by atoms with E-state index in [0.29, 0.717) is 49.2 Å². The number of para-hydroxylation sites is 1. The fourth-order valence-corrected chi connectivity index (χ4v) is 5.28. The highest BCUT2D eigenvalue weighted by Gasteiger charge is 2.32. The number of methoxy groups -OCH3 is 1. The summed E-state index contributed by atoms with van der Waals surface area (Å²) in [5.74, 6) is 0.181. The van der Waals surface area contributed by atoms with E-state index < -0.39 is 22.8 Å². The molecule has 3 aromatic carbocycles. The standard InChI is InChI=1S/C31H30BrN5O8S/c1-4-43-30(39)27-18(2)34-31(46)35-28(27)22-7-5-6-8-24(22)44-17-26(38)36-33-15-20-13-23(32)29(25(14-20)42-3)45-16-19-9-11-21(12-10-19)37(40)41/h5-15,28H,4,16-17H2,1-3H3,(H,36,38)(H2,34,35,46)/t28-/m0/s1. The molecule has 3 aromatic rings. The van der Waals surface area contributed by atoms with Gasteiger partial charge in [0.1, 0.15) is 12.4 Å². The highest BCUT2D eigenvalue weighted by Crippen LogP contribution is 2.37. The van der Waals surface area contributed by atoms with Crippen molar-refractivity contribution in [3.8, 4) is 17.2 Å². The number of amides is 1. The lowest BCUT2D eigenvalue weighted by Gasteiger charge is -2.30. The van der Waals surface area contributed by atoms with E-state index in [4.69, 9.17) is 31.2 Å². The van der Waals surface area contributed by atoms with Crippen molar-refractivity contribution < 1.29 is 33.5 Å². The molecule has 1 heterocycles. The van der Waals surface area contributed by atoms with Gasteiger partial charge in [-0.25, -0.2) is 10.2 Å². The van der Waals surface area contributed by atoms with Crippen LogP contribution in [0.3, 0.4) is 0 Å². The molecular formula is C31H30BrN5O8S. The maximum Gasteiger partial charge on any atom is 0.338 e. The van der Waals surface area contributed by atoms with Crippen LogP contribution in [-0.2, 0) is 20.9 Å². The molecule has 13 nitrogen and oxygen atoms in total. The topological polar surface area (TPSA) is 163 Å². The average molecular weight is 713 g/mol. The number of carbonyl (C=O) groups excluding carboxylic acids is 2. The molecule has 1 aliphatic heterocycles. The molecule has 0 fully saturated rings. The van der Waals surface area contributed by atoms with Gasteiger partial charge in [-0.3, -0.25) is 14.9 Å². The molecule has 0 aliphatic carbocycles. The van der Waals surface area contributed by atoms with Gasteiger partial charge in [0.25, 0.3) is 11.6 Å². The molecule has 1 amide bonds. The third-order valence-electron chi connectivity index (χ3n) is 6.54. The number of hydrazone groups is 1. The number of allylic oxidation sites excluding steroid dienone is 1. The maximum absolute atomic E-state index is 12.8. The molecule has 0 saturated carbocycles. The number of nitrogens with zero attached hydrogens (tertiary/aromatic N) is 2. The molecule has 46 heavy (non-hydrogen) atoms. The Morgan fingerprint density at radius 1 is 1.13 bits per heavy atom. The monoisotopic (exact) mass is 711 g/mol. The van der Waals surface area contributed by atoms with Gasteiger partial charge in [-0.2, -0.15) is 5.10 Å². The lowest BCUT2D eigenvalue weighted by molar-refractivity contribution is -0.384. The van der Waals surface area contributed by atoms with Crippen LogP contribution >= 0.6 is 28.1 Å². The number of nitrogens with one attached hydrogen (secondary N) is 3. The number of benzene rings is 3. The Morgan fingerprint density at radius 2 is 1.87 bits per heavy atom. The normalized spacial score (nSPS) is 14.3. The van der Waals surface area contributed by atoms with Gasteiger partial charge in [0, 0.05) is 23.4 Å². The first-order chi connectivity index (χ1) is 22.1. The van der Waals surface area contributed by atoms with E-state index in [9.17, 15) is 19.7 Å². The van der Waals surface area contributed by atoms with Crippen LogP contribution in [0.1, 0.15) is 36.6 Å². The van der Waals surface area contributed by atoms with Gasteiger partial charge in [-0.15, -0.1) is 0 Å². The van der Waals surface area contributed by atoms with Crippen LogP contribution in [0.15, 0.2) is 81.5 Å². The van der Waals surface area contributed by atoms with Crippen molar-refractivity contribution in [1.29, 1.82) is 0 Å². The Kier molecular flexibility index (Phi) is 11.6. The third-order valence-corrected chi connectivity index (χ3v) is 7.35. The Bertz CT molecular complexity index is 1700. The summed E-state index contributed by atoms with van der Waals surface area (Å²) in [5.41, 5.74) is 5.26. The first-order valence-electron chi connectivity index (χ1n) is 13.8. The number of nitro benzene ring substituents is 1. The molecule has 15 heteroatoms. The Morgan fingerprint density at radius 3 is 2.57 bits per heavy atom. The minimum absolute atomic E-state index is 0.00798. The smallest absolute Gasteiger partial charge is 0.338 e. The molecule has 3 N–H and O–H groups in total. The summed E-state index contributed by atoms with van der Waals surface area (Å²) in [6.45, 7) is 3.46. The number of nitro groups is 1. The molecule has 0 radical (unpaired) electrons. The van der Waals surface area contributed by atoms with Crippen molar-refractivity contribution in [2.45, 2.75) is 26.5 Å². The third kappa shape index (κ3) is 8.57. The second-order valence-electron chi connectivity index (χ2n) is 9.66. The lowest BCUT2D eigenvalue weighted by Crippen LogP contribution is -2.45. The van der Waals surface area contributed by atoms with Crippen LogP contribution in [0, 0.1) is 10.1 Å². The van der Waals surface area contributed by atoms with Crippen molar-refractivity contribution >= 4 is 57.0 Å². The van der Waals surface area contributed by atoms with Gasteiger partial charge in [0.2, 0.25) is 0 Å². The van der Waals surface area contributed by atoms with Gasteiger partial charge in [-0.1, -0.05) is 18.2 Å². The Labute approximate surface area is 278 Å². The number of ether oxygens (including phenoxy) is 4. The number of rotatable bonds is 13. The van der Waals surface area contributed by atoms with Gasteiger partial charge in [-0.05, 0) is 83.5 Å². The van der Waals surface area contributed by atoms with E-state index in [2.05, 4.69) is 37.1 Å². The summed E-state index contributed by atoms with van der Waals surface area (Å²) in [6, 6.07) is 15.8. The number of esters is 1. The first-order valence-corrected chi connectivity index (χ1v) is 15.0. The van der Waals surface area contributed by atoms with Crippen LogP contribution < -0.4 is 30.3 Å². The van der Waals surface area contributed by atoms with Crippen LogP contribution in [0.4, 0.5) is 5.69 Å². The fourth-order valence-electron chi connectivity index (χ4n) is 4.44. The molecule has 0 aromatic heterocycles. The molecule has 240 valence electrons. The maximum atomic E-state index is 12.8. The first kappa shape index (κ1) is 33.9. The summed E-state index contributed by atoms with van der Waals surface area (Å²) >= 11 is 8.78. The van der Waals surface area contributed by atoms with Crippen molar-refractivity contribution in [1.82, 2.24) is 16.1 Å². The summed E-state index contributed by atoms with van der Waals surface area (Å²) in [6.07, 6.45) is 1.43. The highest BCUT2D eigenvalue weighted by atomic mass is 79.9. The van der Waals surface area contributed by atoms with E-state index in [1.54, 1.807) is 62.4 Å². The van der Waals surface area contributed by atoms with E-state index >= 15 is 0 Å². The number of carbonyl (C=O) groups is 2. The van der Waals surface area contributed by atoms with Gasteiger partial charge < -0.3 is 29.6 Å². The predicted molar refractivity (Wildman–Crippen MR) is 177 cm³/mol. The van der Waals surface area contributed by atoms with Crippen LogP contribution in [-0.4, -0.2) is 48.5 Å². The van der Waals surface area contributed by atoms with E-state index in [0.717, 1.165) is 5.56 Å². The Balaban J connectivity index is 1.38. The van der Waals surface area contributed by atoms with E-state index in [-0.39, 0.29) is 25.5 Å². The second kappa shape index (κ2) is 15.8. The summed E-state index contributed by atoms with van der Waals surface area (Å²) < 4.78 is 23.0. The van der Waals surface area contributed by atoms with Crippen LogP contribution in [0.5, 0.6) is 17.2 Å². The fraction of sp³-hybridized carbons (Fsp3) is 0.226. The minimum Gasteiger partial charge on any atom is -0.493 e. The van der Waals surface area contributed by atoms with Gasteiger partial charge >= 0.3 is 5.97 Å². The number of thiocarbonyl (C=S) groups is 1. The second-order valence-corrected chi connectivity index (χ2v) is 10.9. The zero-order valence-corrected chi connectivity index (χ0v) is 27.4. The quantitative estimate of drug-likeness (QED) is 0.0732. The molecule has 1 atom stereocenters. The molecule has 0 spiro atoms. The SMILES string of the molecule is CCOC(=O)C1=C(C)NC(=S)N[C@H]1c1ccccc1OCC(=O)NN=Cc1cc(Br)c(OCc2ccc([N+](=O)[O-])cc2)c(OC)c1. The summed E-state index contributed by atoms with van der Waals surface area (Å²) in [5, 5.41) is 21.3. The molecule has 0 unspecified atom stereocenters. The number of halogens is 1. The molecular weight excluding hydrogens is 682 g/mol. The summed E-state index contributed by atoms with van der Waals surface area (Å²) in [7, 11) is 1.48. The molecule has 1 aliphatic rings. The van der Waals surface area contributed by atoms with E-state index in [1.807, 2.05) is 0 Å². The highest BCUT2D eigenvalue weighted by molar-refractivity contribution is 9.10. The van der Waals surface area contributed by atoms with Crippen LogP contribution in [0.25, 0.3) is 0 Å². The average Bonchev–Trinajstić information content (AvgIpc) is 3.03. The number of non-ortho nitro benzene ring substituents is 1. The van der Waals surface area contributed by atoms with Crippen molar-refractivity contribution in [3.05, 3.63) is 103 Å². The zero-order chi connectivity index (χ0) is 33.2. The molecule has 0 saturated heterocycles. The number of hydrogen-bond acceptors (Lipinski definition) is 10. The molecule has 0 bridgehead atoms. The van der Waals surface area contributed by atoms with Crippen LogP contribution in [0.2, 0.25) is 0 Å². The van der Waals surface area contributed by atoms with Gasteiger partial charge in [0.15, 0.2) is 23.2 Å².